The number of rotatable bonds is 2. The summed E-state index contributed by atoms with van der Waals surface area (Å²) in [4.78, 5) is 22.9. The number of carbonyl (C=O) groups is 1. The number of amides is 1. The van der Waals surface area contributed by atoms with Crippen LogP contribution in [0.15, 0.2) is 29.4 Å². The Morgan fingerprint density at radius 3 is 2.34 bits per heavy atom. The molecule has 1 amide bonds. The van der Waals surface area contributed by atoms with Gasteiger partial charge in [-0.15, -0.1) is 0 Å². The quantitative estimate of drug-likeness (QED) is 0.583. The minimum Gasteiger partial charge on any atom is -0.362 e. The summed E-state index contributed by atoms with van der Waals surface area (Å²) in [6.07, 6.45) is -4.19. The van der Waals surface area contributed by atoms with E-state index >= 15 is 0 Å². The molecule has 1 aromatic carbocycles. The summed E-state index contributed by atoms with van der Waals surface area (Å²) in [5.74, 6) is -2.58. The Morgan fingerprint density at radius 2 is 1.86 bits per heavy atom. The zero-order valence-corrected chi connectivity index (χ0v) is 16.2. The standard InChI is InChI=1S/C19H22F3N3O4/c1-17(2,3)12-6-9-15-14(10-12)18(27,19(20,21)22)24(23-15)16(26)11-4-7-13(8-5-11)25(28)29/h4-5,7-8,12,14,27H,6,9-10H2,1-3H3/t12-,14+,18+/m1/s1. The summed E-state index contributed by atoms with van der Waals surface area (Å²) < 4.78 is 42.1. The lowest BCUT2D eigenvalue weighted by atomic mass is 9.66. The Kier molecular flexibility index (Phi) is 4.97. The van der Waals surface area contributed by atoms with Crippen LogP contribution in [-0.2, 0) is 0 Å². The third-order valence-electron chi connectivity index (χ3n) is 5.87. The molecule has 2 aliphatic rings. The lowest BCUT2D eigenvalue weighted by Crippen LogP contribution is -2.62. The highest BCUT2D eigenvalue weighted by Crippen LogP contribution is 2.52. The molecule has 1 aliphatic heterocycles. The Balaban J connectivity index is 1.99. The fourth-order valence-electron chi connectivity index (χ4n) is 4.06. The molecule has 158 valence electrons. The average Bonchev–Trinajstić information content (AvgIpc) is 2.94. The molecule has 3 atom stereocenters. The Morgan fingerprint density at radius 1 is 1.28 bits per heavy atom. The largest absolute Gasteiger partial charge is 0.439 e. The van der Waals surface area contributed by atoms with Crippen molar-refractivity contribution in [2.45, 2.75) is 51.9 Å². The molecule has 1 aliphatic carbocycles. The lowest BCUT2D eigenvalue weighted by molar-refractivity contribution is -0.384. The van der Waals surface area contributed by atoms with Crippen molar-refractivity contribution in [2.24, 2.45) is 22.4 Å². The molecule has 1 saturated carbocycles. The number of carbonyl (C=O) groups excluding carboxylic acids is 1. The minimum atomic E-state index is -5.13. The number of nitrogens with zero attached hydrogens (tertiary/aromatic N) is 3. The van der Waals surface area contributed by atoms with Crippen molar-refractivity contribution in [2.75, 3.05) is 0 Å². The number of nitro benzene ring substituents is 1. The maximum absolute atomic E-state index is 14.0. The number of fused-ring (bicyclic) bond motifs is 1. The van der Waals surface area contributed by atoms with Crippen LogP contribution in [0.5, 0.6) is 0 Å². The van der Waals surface area contributed by atoms with Gasteiger partial charge in [-0.3, -0.25) is 14.9 Å². The highest BCUT2D eigenvalue weighted by Gasteiger charge is 2.69. The number of halogens is 3. The number of non-ortho nitro benzene ring substituents is 1. The smallest absolute Gasteiger partial charge is 0.362 e. The van der Waals surface area contributed by atoms with Crippen molar-refractivity contribution in [3.63, 3.8) is 0 Å². The van der Waals surface area contributed by atoms with Crippen LogP contribution >= 0.6 is 0 Å². The van der Waals surface area contributed by atoms with Gasteiger partial charge in [-0.1, -0.05) is 20.8 Å². The molecule has 3 rings (SSSR count). The number of hydrogen-bond donors (Lipinski definition) is 1. The van der Waals surface area contributed by atoms with E-state index in [0.29, 0.717) is 6.42 Å². The Bertz CT molecular complexity index is 861. The van der Waals surface area contributed by atoms with Crippen LogP contribution in [0.2, 0.25) is 0 Å². The molecular formula is C19H22F3N3O4. The SMILES string of the molecule is CC(C)(C)[C@@H]1CCC2=NN(C(=O)c3ccc([N+](=O)[O-])cc3)[C@@](O)(C(F)(F)F)[C@H]2C1. The lowest BCUT2D eigenvalue weighted by Gasteiger charge is -2.42. The van der Waals surface area contributed by atoms with E-state index in [1.54, 1.807) is 0 Å². The van der Waals surface area contributed by atoms with Crippen LogP contribution in [0.3, 0.4) is 0 Å². The maximum atomic E-state index is 14.0. The molecule has 0 saturated heterocycles. The van der Waals surface area contributed by atoms with Crippen molar-refractivity contribution in [3.05, 3.63) is 39.9 Å². The summed E-state index contributed by atoms with van der Waals surface area (Å²) in [5.41, 5.74) is -4.09. The molecule has 0 spiro atoms. The summed E-state index contributed by atoms with van der Waals surface area (Å²) in [6, 6.07) is 4.15. The molecule has 0 bridgehead atoms. The van der Waals surface area contributed by atoms with Crippen molar-refractivity contribution in [3.8, 4) is 0 Å². The molecule has 7 nitrogen and oxygen atoms in total. The number of alkyl halides is 3. The number of aliphatic hydroxyl groups is 1. The highest BCUT2D eigenvalue weighted by atomic mass is 19.4. The van der Waals surface area contributed by atoms with E-state index in [-0.39, 0.29) is 46.1 Å². The molecule has 0 aromatic heterocycles. The summed E-state index contributed by atoms with van der Waals surface area (Å²) in [7, 11) is 0. The normalized spacial score (nSPS) is 27.4. The van der Waals surface area contributed by atoms with Gasteiger partial charge in [0.05, 0.1) is 10.8 Å². The molecule has 29 heavy (non-hydrogen) atoms. The van der Waals surface area contributed by atoms with Gasteiger partial charge in [0.15, 0.2) is 0 Å². The van der Waals surface area contributed by atoms with E-state index in [0.717, 1.165) is 24.3 Å². The minimum absolute atomic E-state index is 0.0579. The fourth-order valence-corrected chi connectivity index (χ4v) is 4.06. The van der Waals surface area contributed by atoms with E-state index in [1.807, 2.05) is 20.8 Å². The van der Waals surface area contributed by atoms with E-state index in [2.05, 4.69) is 5.10 Å². The Hall–Kier alpha value is -2.49. The van der Waals surface area contributed by atoms with Crippen LogP contribution in [-0.4, -0.2) is 38.6 Å². The average molecular weight is 413 g/mol. The number of nitro groups is 1. The van der Waals surface area contributed by atoms with Crippen LogP contribution in [0.1, 0.15) is 50.4 Å². The predicted molar refractivity (Wildman–Crippen MR) is 98.0 cm³/mol. The second-order valence-corrected chi connectivity index (χ2v) is 8.63. The third kappa shape index (κ3) is 3.50. The third-order valence-corrected chi connectivity index (χ3v) is 5.87. The topological polar surface area (TPSA) is 96.0 Å². The van der Waals surface area contributed by atoms with Crippen LogP contribution < -0.4 is 0 Å². The van der Waals surface area contributed by atoms with Crippen molar-refractivity contribution in [1.82, 2.24) is 5.01 Å². The molecule has 1 aromatic rings. The van der Waals surface area contributed by atoms with Gasteiger partial charge in [0, 0.05) is 23.4 Å². The Labute approximate surface area is 165 Å². The molecule has 0 unspecified atom stereocenters. The van der Waals surface area contributed by atoms with Crippen LogP contribution in [0.25, 0.3) is 0 Å². The molecule has 1 heterocycles. The van der Waals surface area contributed by atoms with Gasteiger partial charge < -0.3 is 5.11 Å². The second-order valence-electron chi connectivity index (χ2n) is 8.63. The first-order valence-electron chi connectivity index (χ1n) is 9.22. The molecule has 1 fully saturated rings. The monoisotopic (exact) mass is 413 g/mol. The van der Waals surface area contributed by atoms with E-state index in [4.69, 9.17) is 0 Å². The summed E-state index contributed by atoms with van der Waals surface area (Å²) in [5, 5.41) is 25.5. The molecule has 1 N–H and O–H groups in total. The molecule has 0 radical (unpaired) electrons. The van der Waals surface area contributed by atoms with Gasteiger partial charge >= 0.3 is 6.18 Å². The van der Waals surface area contributed by atoms with Crippen LogP contribution in [0.4, 0.5) is 18.9 Å². The fraction of sp³-hybridized carbons (Fsp3) is 0.579. The second kappa shape index (κ2) is 6.79. The van der Waals surface area contributed by atoms with Gasteiger partial charge in [-0.2, -0.15) is 23.3 Å². The maximum Gasteiger partial charge on any atom is 0.439 e. The summed E-state index contributed by atoms with van der Waals surface area (Å²) in [6.45, 7) is 5.80. The first kappa shape index (κ1) is 21.2. The highest BCUT2D eigenvalue weighted by molar-refractivity contribution is 5.99. The molecular weight excluding hydrogens is 391 g/mol. The van der Waals surface area contributed by atoms with Gasteiger partial charge in [0.25, 0.3) is 17.3 Å². The van der Waals surface area contributed by atoms with E-state index in [1.165, 1.54) is 0 Å². The molecule has 10 heteroatoms. The van der Waals surface area contributed by atoms with Gasteiger partial charge in [-0.25, -0.2) is 0 Å². The van der Waals surface area contributed by atoms with Crippen molar-refractivity contribution in [1.29, 1.82) is 0 Å². The van der Waals surface area contributed by atoms with Gasteiger partial charge in [0.1, 0.15) is 0 Å². The number of hydrazone groups is 1. The predicted octanol–water partition coefficient (Wildman–Crippen LogP) is 4.12. The van der Waals surface area contributed by atoms with Gasteiger partial charge in [-0.05, 0) is 42.7 Å². The van der Waals surface area contributed by atoms with E-state index in [9.17, 15) is 33.2 Å². The zero-order chi connectivity index (χ0) is 21.8. The van der Waals surface area contributed by atoms with Gasteiger partial charge in [0.2, 0.25) is 0 Å². The van der Waals surface area contributed by atoms with E-state index < -0.39 is 28.6 Å². The van der Waals surface area contributed by atoms with Crippen molar-refractivity contribution >= 4 is 17.3 Å². The van der Waals surface area contributed by atoms with Crippen LogP contribution in [0, 0.1) is 27.4 Å². The number of benzene rings is 1. The first-order chi connectivity index (χ1) is 13.3. The summed E-state index contributed by atoms with van der Waals surface area (Å²) >= 11 is 0. The zero-order valence-electron chi connectivity index (χ0n) is 16.2. The number of hydrogen-bond acceptors (Lipinski definition) is 5. The van der Waals surface area contributed by atoms with Crippen molar-refractivity contribution < 1.29 is 28.0 Å². The first-order valence-corrected chi connectivity index (χ1v) is 9.22.